The van der Waals surface area contributed by atoms with Crippen molar-refractivity contribution < 1.29 is 13.2 Å². The van der Waals surface area contributed by atoms with E-state index in [1.807, 2.05) is 4.90 Å². The van der Waals surface area contributed by atoms with Gasteiger partial charge in [0.1, 0.15) is 0 Å². The summed E-state index contributed by atoms with van der Waals surface area (Å²) in [5.41, 5.74) is 2.22. The van der Waals surface area contributed by atoms with Crippen molar-refractivity contribution in [2.45, 2.75) is 31.7 Å². The number of fused-ring (bicyclic) bond motifs is 1. The average molecular weight is 422 g/mol. The molecule has 0 bridgehead atoms. The van der Waals surface area contributed by atoms with Crippen LogP contribution in [0, 0.1) is 29.9 Å². The Kier molecular flexibility index (Phi) is 4.98. The minimum atomic E-state index is -0.820. The van der Waals surface area contributed by atoms with Gasteiger partial charge < -0.3 is 14.6 Å². The van der Waals surface area contributed by atoms with Gasteiger partial charge in [0, 0.05) is 37.4 Å². The van der Waals surface area contributed by atoms with Crippen LogP contribution in [0.1, 0.15) is 24.0 Å². The van der Waals surface area contributed by atoms with Crippen LogP contribution in [-0.2, 0) is 12.8 Å². The third kappa shape index (κ3) is 3.93. The fraction of sp³-hybridized carbons (Fsp3) is 0.364. The van der Waals surface area contributed by atoms with Crippen molar-refractivity contribution in [3.05, 3.63) is 47.3 Å². The highest BCUT2D eigenvalue weighted by molar-refractivity contribution is 5.52. The van der Waals surface area contributed by atoms with Crippen LogP contribution in [0.25, 0.3) is 11.5 Å². The van der Waals surface area contributed by atoms with E-state index in [1.165, 1.54) is 12.1 Å². The lowest BCUT2D eigenvalue weighted by Crippen LogP contribution is -2.33. The van der Waals surface area contributed by atoms with Crippen molar-refractivity contribution in [2.24, 2.45) is 5.92 Å². The van der Waals surface area contributed by atoms with E-state index in [-0.39, 0.29) is 6.04 Å². The maximum absolute atomic E-state index is 13.4. The van der Waals surface area contributed by atoms with Crippen LogP contribution >= 0.6 is 0 Å². The Balaban J connectivity index is 1.22. The molecule has 0 radical (unpaired) electrons. The Morgan fingerprint density at radius 2 is 1.68 bits per heavy atom. The van der Waals surface area contributed by atoms with Crippen LogP contribution in [0.3, 0.4) is 0 Å². The molecule has 1 aromatic carbocycles. The SMILES string of the molecule is C#CC1CCN(c2nnc(-c3cnc(NC4Cc5cc(F)c(F)cc5C4)nc3)o2)CC1. The van der Waals surface area contributed by atoms with Gasteiger partial charge >= 0.3 is 6.01 Å². The molecule has 1 aliphatic heterocycles. The molecular formula is C22H20F2N6O. The number of hydrogen-bond acceptors (Lipinski definition) is 7. The number of nitrogens with zero attached hydrogens (tertiary/aromatic N) is 5. The first-order valence-corrected chi connectivity index (χ1v) is 10.2. The predicted octanol–water partition coefficient (Wildman–Crippen LogP) is 3.23. The van der Waals surface area contributed by atoms with Crippen LogP contribution in [-0.4, -0.2) is 39.3 Å². The highest BCUT2D eigenvalue weighted by atomic mass is 19.2. The summed E-state index contributed by atoms with van der Waals surface area (Å²) in [5, 5.41) is 11.5. The number of hydrogen-bond donors (Lipinski definition) is 1. The van der Waals surface area contributed by atoms with Gasteiger partial charge in [-0.1, -0.05) is 5.10 Å². The minimum absolute atomic E-state index is 0.0250. The standard InChI is InChI=1S/C22H20F2N6O/c1-2-13-3-5-30(6-4-13)22-29-28-20(31-22)16-11-25-21(26-12-16)27-17-7-14-9-18(23)19(24)10-15(14)8-17/h1,9-13,17H,3-8H2,(H,25,26,27). The van der Waals surface area contributed by atoms with E-state index in [4.69, 9.17) is 10.8 Å². The molecule has 1 aliphatic carbocycles. The van der Waals surface area contributed by atoms with Gasteiger partial charge in [0.05, 0.1) is 5.56 Å². The summed E-state index contributed by atoms with van der Waals surface area (Å²) in [6, 6.07) is 2.97. The number of nitrogens with one attached hydrogen (secondary N) is 1. The summed E-state index contributed by atoms with van der Waals surface area (Å²) in [5.74, 6) is 2.24. The van der Waals surface area contributed by atoms with Gasteiger partial charge in [-0.25, -0.2) is 18.7 Å². The molecule has 7 nitrogen and oxygen atoms in total. The molecule has 0 atom stereocenters. The van der Waals surface area contributed by atoms with E-state index in [0.29, 0.717) is 42.2 Å². The van der Waals surface area contributed by atoms with Crippen LogP contribution in [0.4, 0.5) is 20.7 Å². The summed E-state index contributed by atoms with van der Waals surface area (Å²) < 4.78 is 32.7. The molecule has 1 fully saturated rings. The summed E-state index contributed by atoms with van der Waals surface area (Å²) >= 11 is 0. The Hall–Kier alpha value is -3.54. The molecule has 3 heterocycles. The molecule has 0 unspecified atom stereocenters. The number of rotatable bonds is 4. The van der Waals surface area contributed by atoms with Crippen molar-refractivity contribution in [1.29, 1.82) is 0 Å². The molecule has 2 aliphatic rings. The second-order valence-electron chi connectivity index (χ2n) is 7.90. The zero-order chi connectivity index (χ0) is 21.4. The summed E-state index contributed by atoms with van der Waals surface area (Å²) in [4.78, 5) is 10.7. The summed E-state index contributed by atoms with van der Waals surface area (Å²) in [6.45, 7) is 1.57. The molecule has 0 saturated carbocycles. The molecule has 3 aromatic rings. The van der Waals surface area contributed by atoms with E-state index in [9.17, 15) is 8.78 Å². The molecule has 9 heteroatoms. The number of halogens is 2. The number of terminal acetylenes is 1. The summed E-state index contributed by atoms with van der Waals surface area (Å²) in [6.07, 6.45) is 11.7. The van der Waals surface area contributed by atoms with E-state index >= 15 is 0 Å². The molecule has 0 spiro atoms. The van der Waals surface area contributed by atoms with E-state index in [0.717, 1.165) is 37.1 Å². The number of anilines is 2. The lowest BCUT2D eigenvalue weighted by molar-refractivity contribution is 0.453. The number of benzene rings is 1. The normalized spacial score (nSPS) is 16.9. The molecule has 158 valence electrons. The third-order valence-electron chi connectivity index (χ3n) is 5.82. The summed E-state index contributed by atoms with van der Waals surface area (Å²) in [7, 11) is 0. The monoisotopic (exact) mass is 422 g/mol. The van der Waals surface area contributed by atoms with Gasteiger partial charge in [0.25, 0.3) is 5.89 Å². The van der Waals surface area contributed by atoms with Crippen molar-refractivity contribution >= 4 is 12.0 Å². The van der Waals surface area contributed by atoms with Gasteiger partial charge in [0.2, 0.25) is 5.95 Å². The lowest BCUT2D eigenvalue weighted by Gasteiger charge is -2.27. The second-order valence-corrected chi connectivity index (χ2v) is 7.90. The Labute approximate surface area is 177 Å². The molecule has 5 rings (SSSR count). The van der Waals surface area contributed by atoms with E-state index < -0.39 is 11.6 Å². The Morgan fingerprint density at radius 3 is 2.29 bits per heavy atom. The first kappa shape index (κ1) is 19.4. The van der Waals surface area contributed by atoms with Crippen molar-refractivity contribution in [3.8, 4) is 23.8 Å². The molecule has 1 N–H and O–H groups in total. The fourth-order valence-electron chi connectivity index (χ4n) is 4.11. The average Bonchev–Trinajstić information content (AvgIpc) is 3.42. The van der Waals surface area contributed by atoms with Crippen molar-refractivity contribution in [1.82, 2.24) is 20.2 Å². The highest BCUT2D eigenvalue weighted by Crippen LogP contribution is 2.27. The van der Waals surface area contributed by atoms with Crippen LogP contribution in [0.5, 0.6) is 0 Å². The Bertz CT molecular complexity index is 1100. The Morgan fingerprint density at radius 1 is 1.03 bits per heavy atom. The maximum Gasteiger partial charge on any atom is 0.318 e. The molecule has 2 aromatic heterocycles. The zero-order valence-electron chi connectivity index (χ0n) is 16.7. The highest BCUT2D eigenvalue weighted by Gasteiger charge is 2.25. The quantitative estimate of drug-likeness (QED) is 0.647. The fourth-order valence-corrected chi connectivity index (χ4v) is 4.11. The van der Waals surface area contributed by atoms with Gasteiger partial charge in [-0.3, -0.25) is 0 Å². The molecule has 31 heavy (non-hydrogen) atoms. The molecule has 0 amide bonds. The number of piperidine rings is 1. The van der Waals surface area contributed by atoms with Crippen LogP contribution < -0.4 is 10.2 Å². The van der Waals surface area contributed by atoms with Gasteiger partial charge in [-0.2, -0.15) is 0 Å². The smallest absolute Gasteiger partial charge is 0.318 e. The lowest BCUT2D eigenvalue weighted by atomic mass is 9.98. The maximum atomic E-state index is 13.4. The topological polar surface area (TPSA) is 80.0 Å². The first-order chi connectivity index (χ1) is 15.1. The third-order valence-corrected chi connectivity index (χ3v) is 5.82. The van der Waals surface area contributed by atoms with Crippen LogP contribution in [0.2, 0.25) is 0 Å². The van der Waals surface area contributed by atoms with E-state index in [1.54, 1.807) is 12.4 Å². The first-order valence-electron chi connectivity index (χ1n) is 10.2. The van der Waals surface area contributed by atoms with E-state index in [2.05, 4.69) is 31.4 Å². The second kappa shape index (κ2) is 7.95. The predicted molar refractivity (Wildman–Crippen MR) is 110 cm³/mol. The van der Waals surface area contributed by atoms with Gasteiger partial charge in [-0.05, 0) is 48.9 Å². The molecule has 1 saturated heterocycles. The van der Waals surface area contributed by atoms with Gasteiger partial charge in [0.15, 0.2) is 11.6 Å². The largest absolute Gasteiger partial charge is 0.403 e. The van der Waals surface area contributed by atoms with Crippen molar-refractivity contribution in [3.63, 3.8) is 0 Å². The minimum Gasteiger partial charge on any atom is -0.403 e. The van der Waals surface area contributed by atoms with Crippen molar-refractivity contribution in [2.75, 3.05) is 23.3 Å². The molecular weight excluding hydrogens is 402 g/mol. The van der Waals surface area contributed by atoms with Gasteiger partial charge in [-0.15, -0.1) is 17.4 Å². The van der Waals surface area contributed by atoms with Crippen LogP contribution in [0.15, 0.2) is 28.9 Å². The zero-order valence-corrected chi connectivity index (χ0v) is 16.7. The number of aromatic nitrogens is 4.